The Labute approximate surface area is 119 Å². The van der Waals surface area contributed by atoms with Crippen LogP contribution >= 0.6 is 0 Å². The van der Waals surface area contributed by atoms with Crippen LogP contribution in [-0.2, 0) is 6.54 Å². The second-order valence-corrected chi connectivity index (χ2v) is 4.28. The fourth-order valence-electron chi connectivity index (χ4n) is 1.78. The number of pyridine rings is 1. The number of rotatable bonds is 4. The van der Waals surface area contributed by atoms with Crippen molar-refractivity contribution < 1.29 is 9.50 Å². The summed E-state index contributed by atoms with van der Waals surface area (Å²) in [5.74, 6) is -0.295. The van der Waals surface area contributed by atoms with Crippen LogP contribution in [0.3, 0.4) is 0 Å². The van der Waals surface area contributed by atoms with Gasteiger partial charge in [-0.2, -0.15) is 0 Å². The van der Waals surface area contributed by atoms with Crippen molar-refractivity contribution in [2.45, 2.75) is 6.54 Å². The number of halogens is 1. The highest BCUT2D eigenvalue weighted by molar-refractivity contribution is 5.52. The van der Waals surface area contributed by atoms with E-state index in [0.717, 1.165) is 0 Å². The van der Waals surface area contributed by atoms with Crippen molar-refractivity contribution in [1.29, 1.82) is 0 Å². The lowest BCUT2D eigenvalue weighted by molar-refractivity contribution is 0.472. The molecule has 2 aromatic heterocycles. The van der Waals surface area contributed by atoms with Gasteiger partial charge in [0.15, 0.2) is 0 Å². The molecule has 0 saturated heterocycles. The Morgan fingerprint density at radius 1 is 1.24 bits per heavy atom. The minimum atomic E-state index is -0.384. The molecular formula is C13H11FN6O. The maximum atomic E-state index is 13.8. The van der Waals surface area contributed by atoms with Crippen LogP contribution < -0.4 is 5.32 Å². The molecule has 3 rings (SSSR count). The van der Waals surface area contributed by atoms with Gasteiger partial charge in [-0.25, -0.2) is 9.07 Å². The first-order chi connectivity index (χ1) is 10.2. The van der Waals surface area contributed by atoms with E-state index in [2.05, 4.69) is 25.8 Å². The van der Waals surface area contributed by atoms with E-state index < -0.39 is 0 Å². The van der Waals surface area contributed by atoms with Gasteiger partial charge in [0.2, 0.25) is 0 Å². The molecule has 0 fully saturated rings. The fraction of sp³-hybridized carbons (Fsp3) is 0.0769. The Morgan fingerprint density at radius 3 is 2.86 bits per heavy atom. The van der Waals surface area contributed by atoms with Crippen molar-refractivity contribution in [3.8, 4) is 11.4 Å². The molecule has 0 aliphatic heterocycles. The molecule has 0 atom stereocenters. The predicted octanol–water partition coefficient (Wildman–Crippen LogP) is 1.51. The molecule has 0 amide bonds. The zero-order valence-electron chi connectivity index (χ0n) is 10.8. The Morgan fingerprint density at radius 2 is 2.14 bits per heavy atom. The zero-order valence-corrected chi connectivity index (χ0v) is 10.8. The van der Waals surface area contributed by atoms with Gasteiger partial charge in [-0.15, -0.1) is 5.10 Å². The number of benzene rings is 1. The van der Waals surface area contributed by atoms with E-state index >= 15 is 0 Å². The summed E-state index contributed by atoms with van der Waals surface area (Å²) in [4.78, 5) is 4.02. The molecule has 0 radical (unpaired) electrons. The molecule has 0 unspecified atom stereocenters. The number of anilines is 1. The van der Waals surface area contributed by atoms with Gasteiger partial charge in [0.05, 0.1) is 29.8 Å². The first-order valence-corrected chi connectivity index (χ1v) is 6.13. The van der Waals surface area contributed by atoms with E-state index in [-0.39, 0.29) is 11.6 Å². The summed E-state index contributed by atoms with van der Waals surface area (Å²) < 4.78 is 15.2. The lowest BCUT2D eigenvalue weighted by Gasteiger charge is -2.09. The summed E-state index contributed by atoms with van der Waals surface area (Å²) in [5.41, 5.74) is 1.64. The maximum Gasteiger partial charge on any atom is 0.146 e. The van der Waals surface area contributed by atoms with Crippen LogP contribution in [0.25, 0.3) is 5.69 Å². The van der Waals surface area contributed by atoms with Crippen molar-refractivity contribution in [3.05, 3.63) is 54.4 Å². The fourth-order valence-corrected chi connectivity index (χ4v) is 1.78. The third-order valence-corrected chi connectivity index (χ3v) is 2.83. The first kappa shape index (κ1) is 13.0. The highest BCUT2D eigenvalue weighted by Gasteiger charge is 2.06. The third-order valence-electron chi connectivity index (χ3n) is 2.83. The van der Waals surface area contributed by atoms with Gasteiger partial charge in [0.25, 0.3) is 0 Å². The number of tetrazole rings is 1. The molecule has 7 nitrogen and oxygen atoms in total. The van der Waals surface area contributed by atoms with Gasteiger partial charge < -0.3 is 10.4 Å². The Hall–Kier alpha value is -3.03. The molecule has 0 spiro atoms. The summed E-state index contributed by atoms with van der Waals surface area (Å²) in [5, 5.41) is 22.9. The Balaban J connectivity index is 1.78. The van der Waals surface area contributed by atoms with Crippen molar-refractivity contribution >= 4 is 5.69 Å². The highest BCUT2D eigenvalue weighted by atomic mass is 19.1. The molecule has 21 heavy (non-hydrogen) atoms. The van der Waals surface area contributed by atoms with Gasteiger partial charge >= 0.3 is 0 Å². The van der Waals surface area contributed by atoms with Gasteiger partial charge in [0, 0.05) is 0 Å². The molecule has 8 heteroatoms. The van der Waals surface area contributed by atoms with Gasteiger partial charge in [0.1, 0.15) is 17.9 Å². The molecule has 1 aromatic carbocycles. The average molecular weight is 286 g/mol. The molecule has 2 N–H and O–H groups in total. The molecule has 0 aliphatic carbocycles. The van der Waals surface area contributed by atoms with Crippen molar-refractivity contribution in [3.63, 3.8) is 0 Å². The molecule has 0 aliphatic rings. The first-order valence-electron chi connectivity index (χ1n) is 6.13. The second kappa shape index (κ2) is 5.53. The number of hydrogen-bond acceptors (Lipinski definition) is 6. The highest BCUT2D eigenvalue weighted by Crippen LogP contribution is 2.19. The van der Waals surface area contributed by atoms with E-state index in [9.17, 15) is 4.39 Å². The van der Waals surface area contributed by atoms with Crippen LogP contribution in [-0.4, -0.2) is 30.3 Å². The Kier molecular flexibility index (Phi) is 3.42. The topological polar surface area (TPSA) is 88.8 Å². The minimum absolute atomic E-state index is 0.0885. The van der Waals surface area contributed by atoms with E-state index in [1.807, 2.05) is 0 Å². The summed E-state index contributed by atoms with van der Waals surface area (Å²) in [6.07, 6.45) is 2.77. The molecule has 0 bridgehead atoms. The predicted molar refractivity (Wildman–Crippen MR) is 72.3 cm³/mol. The van der Waals surface area contributed by atoms with Crippen molar-refractivity contribution in [1.82, 2.24) is 25.2 Å². The largest absolute Gasteiger partial charge is 0.506 e. The summed E-state index contributed by atoms with van der Waals surface area (Å²) in [7, 11) is 0. The zero-order chi connectivity index (χ0) is 14.7. The van der Waals surface area contributed by atoms with E-state index in [0.29, 0.717) is 23.6 Å². The number of hydrogen-bond donors (Lipinski definition) is 2. The average Bonchev–Trinajstić information content (AvgIpc) is 3.02. The number of nitrogens with zero attached hydrogens (tertiary/aromatic N) is 5. The smallest absolute Gasteiger partial charge is 0.146 e. The van der Waals surface area contributed by atoms with Crippen LogP contribution in [0.5, 0.6) is 5.75 Å². The molecular weight excluding hydrogens is 275 g/mol. The van der Waals surface area contributed by atoms with Crippen LogP contribution in [0.15, 0.2) is 42.9 Å². The van der Waals surface area contributed by atoms with E-state index in [4.69, 9.17) is 5.11 Å². The normalized spacial score (nSPS) is 10.5. The van der Waals surface area contributed by atoms with Gasteiger partial charge in [-0.3, -0.25) is 4.98 Å². The summed E-state index contributed by atoms with van der Waals surface area (Å²) in [6.45, 7) is 0.330. The van der Waals surface area contributed by atoms with Crippen LogP contribution in [0, 0.1) is 5.82 Å². The summed E-state index contributed by atoms with van der Waals surface area (Å²) >= 11 is 0. The molecule has 3 aromatic rings. The van der Waals surface area contributed by atoms with Gasteiger partial charge in [-0.05, 0) is 40.8 Å². The number of aromatic hydroxyl groups is 1. The molecule has 0 saturated carbocycles. The van der Waals surface area contributed by atoms with Gasteiger partial charge in [-0.1, -0.05) is 0 Å². The monoisotopic (exact) mass is 286 g/mol. The molecule has 106 valence electrons. The standard InChI is InChI=1S/C13H11FN6O/c14-12-4-2-10(20-8-17-18-19-20)5-13(12)16-6-9-1-3-11(21)7-15-9/h1-5,7-8,16,21H,6H2. The quantitative estimate of drug-likeness (QED) is 0.756. The SMILES string of the molecule is Oc1ccc(CNc2cc(-n3cnnn3)ccc2F)nc1. The van der Waals surface area contributed by atoms with Crippen molar-refractivity contribution in [2.24, 2.45) is 0 Å². The summed E-state index contributed by atoms with van der Waals surface area (Å²) in [6, 6.07) is 7.70. The number of aromatic nitrogens is 5. The molecule has 2 heterocycles. The van der Waals surface area contributed by atoms with Crippen LogP contribution in [0.4, 0.5) is 10.1 Å². The lowest BCUT2D eigenvalue weighted by Crippen LogP contribution is -2.04. The third kappa shape index (κ3) is 2.94. The van der Waals surface area contributed by atoms with E-state index in [1.54, 1.807) is 18.2 Å². The number of nitrogens with one attached hydrogen (secondary N) is 1. The second-order valence-electron chi connectivity index (χ2n) is 4.28. The van der Waals surface area contributed by atoms with E-state index in [1.165, 1.54) is 29.3 Å². The minimum Gasteiger partial charge on any atom is -0.506 e. The Bertz CT molecular complexity index is 729. The van der Waals surface area contributed by atoms with Crippen molar-refractivity contribution in [2.75, 3.05) is 5.32 Å². The van der Waals surface area contributed by atoms with Crippen LogP contribution in [0.2, 0.25) is 0 Å². The maximum absolute atomic E-state index is 13.8. The van der Waals surface area contributed by atoms with Crippen LogP contribution in [0.1, 0.15) is 5.69 Å². The lowest BCUT2D eigenvalue weighted by atomic mass is 10.2.